The number of methoxy groups -OCH3 is 1. The van der Waals surface area contributed by atoms with Crippen LogP contribution >= 0.6 is 0 Å². The first-order valence-electron chi connectivity index (χ1n) is 4.70. The van der Waals surface area contributed by atoms with E-state index in [1.807, 2.05) is 0 Å². The standard InChI is InChI=1S/C9H16N2O3/c1-10-5-7(12)11-8(6-3-4-6)9(13)14-2/h6,8,10H,3-5H2,1-2H3,(H,11,12). The topological polar surface area (TPSA) is 67.4 Å². The smallest absolute Gasteiger partial charge is 0.328 e. The number of carbonyl (C=O) groups is 2. The zero-order chi connectivity index (χ0) is 10.6. The quantitative estimate of drug-likeness (QED) is 0.574. The summed E-state index contributed by atoms with van der Waals surface area (Å²) in [6, 6.07) is -0.458. The van der Waals surface area contributed by atoms with Gasteiger partial charge in [-0.1, -0.05) is 0 Å². The maximum absolute atomic E-state index is 11.3. The van der Waals surface area contributed by atoms with Gasteiger partial charge in [0.1, 0.15) is 6.04 Å². The Balaban J connectivity index is 2.42. The van der Waals surface area contributed by atoms with Gasteiger partial charge in [-0.2, -0.15) is 0 Å². The van der Waals surface area contributed by atoms with Crippen molar-refractivity contribution in [1.29, 1.82) is 0 Å². The predicted molar refractivity (Wildman–Crippen MR) is 50.6 cm³/mol. The number of likely N-dealkylation sites (N-methyl/N-ethyl adjacent to an activating group) is 1. The molecule has 2 N–H and O–H groups in total. The number of hydrogen-bond acceptors (Lipinski definition) is 4. The van der Waals surface area contributed by atoms with Crippen molar-refractivity contribution in [2.45, 2.75) is 18.9 Å². The zero-order valence-electron chi connectivity index (χ0n) is 8.50. The van der Waals surface area contributed by atoms with Crippen molar-refractivity contribution in [1.82, 2.24) is 10.6 Å². The molecule has 0 spiro atoms. The average Bonchev–Trinajstić information content (AvgIpc) is 2.97. The van der Waals surface area contributed by atoms with E-state index in [9.17, 15) is 9.59 Å². The van der Waals surface area contributed by atoms with Gasteiger partial charge < -0.3 is 15.4 Å². The van der Waals surface area contributed by atoms with Crippen LogP contribution in [0.4, 0.5) is 0 Å². The Morgan fingerprint density at radius 3 is 2.57 bits per heavy atom. The minimum Gasteiger partial charge on any atom is -0.467 e. The SMILES string of the molecule is CNCC(=O)NC(C(=O)OC)C1CC1. The van der Waals surface area contributed by atoms with Crippen LogP contribution in [0, 0.1) is 5.92 Å². The molecule has 0 aromatic carbocycles. The predicted octanol–water partition coefficient (Wildman–Crippen LogP) is -0.726. The summed E-state index contributed by atoms with van der Waals surface area (Å²) in [5, 5.41) is 5.38. The van der Waals surface area contributed by atoms with Crippen molar-refractivity contribution in [3.8, 4) is 0 Å². The number of hydrogen-bond donors (Lipinski definition) is 2. The van der Waals surface area contributed by atoms with Crippen LogP contribution in [0.3, 0.4) is 0 Å². The fourth-order valence-corrected chi connectivity index (χ4v) is 1.31. The van der Waals surface area contributed by atoms with Crippen LogP contribution in [-0.4, -0.2) is 38.6 Å². The summed E-state index contributed by atoms with van der Waals surface area (Å²) < 4.78 is 4.62. The number of carbonyl (C=O) groups excluding carboxylic acids is 2. The van der Waals surface area contributed by atoms with Crippen molar-refractivity contribution in [2.75, 3.05) is 20.7 Å². The summed E-state index contributed by atoms with van der Waals surface area (Å²) in [4.78, 5) is 22.5. The molecule has 80 valence electrons. The molecule has 0 radical (unpaired) electrons. The van der Waals surface area contributed by atoms with Gasteiger partial charge in [-0.05, 0) is 25.8 Å². The molecule has 1 atom stereocenters. The second-order valence-corrected chi connectivity index (χ2v) is 3.44. The third-order valence-corrected chi connectivity index (χ3v) is 2.20. The first-order valence-corrected chi connectivity index (χ1v) is 4.70. The van der Waals surface area contributed by atoms with Crippen molar-refractivity contribution in [3.63, 3.8) is 0 Å². The van der Waals surface area contributed by atoms with E-state index >= 15 is 0 Å². The molecule has 1 aliphatic carbocycles. The van der Waals surface area contributed by atoms with Crippen molar-refractivity contribution in [2.24, 2.45) is 5.92 Å². The highest BCUT2D eigenvalue weighted by Gasteiger charge is 2.37. The molecule has 1 fully saturated rings. The zero-order valence-corrected chi connectivity index (χ0v) is 8.50. The van der Waals surface area contributed by atoms with Crippen molar-refractivity contribution < 1.29 is 14.3 Å². The van der Waals surface area contributed by atoms with Crippen LogP contribution < -0.4 is 10.6 Å². The van der Waals surface area contributed by atoms with Gasteiger partial charge >= 0.3 is 5.97 Å². The lowest BCUT2D eigenvalue weighted by Gasteiger charge is -2.15. The van der Waals surface area contributed by atoms with Crippen molar-refractivity contribution >= 4 is 11.9 Å². The molecule has 5 heteroatoms. The average molecular weight is 200 g/mol. The highest BCUT2D eigenvalue weighted by Crippen LogP contribution is 2.33. The fourth-order valence-electron chi connectivity index (χ4n) is 1.31. The third-order valence-electron chi connectivity index (χ3n) is 2.20. The van der Waals surface area contributed by atoms with E-state index in [0.717, 1.165) is 12.8 Å². The lowest BCUT2D eigenvalue weighted by atomic mass is 10.2. The number of nitrogens with one attached hydrogen (secondary N) is 2. The number of amides is 1. The second-order valence-electron chi connectivity index (χ2n) is 3.44. The first kappa shape index (κ1) is 11.0. The Labute approximate surface area is 83.2 Å². The lowest BCUT2D eigenvalue weighted by Crippen LogP contribution is -2.45. The van der Waals surface area contributed by atoms with Crippen LogP contribution in [0.15, 0.2) is 0 Å². The summed E-state index contributed by atoms with van der Waals surface area (Å²) in [5.74, 6) is -0.255. The summed E-state index contributed by atoms with van der Waals surface area (Å²) in [5.41, 5.74) is 0. The van der Waals surface area contributed by atoms with E-state index in [-0.39, 0.29) is 24.3 Å². The van der Waals surface area contributed by atoms with Gasteiger partial charge in [-0.25, -0.2) is 4.79 Å². The van der Waals surface area contributed by atoms with E-state index in [0.29, 0.717) is 0 Å². The Hall–Kier alpha value is -1.10. The minimum absolute atomic E-state index is 0.171. The maximum Gasteiger partial charge on any atom is 0.328 e. The molecule has 1 saturated carbocycles. The molecule has 5 nitrogen and oxygen atoms in total. The molecule has 1 amide bonds. The molecular formula is C9H16N2O3. The third kappa shape index (κ3) is 2.99. The largest absolute Gasteiger partial charge is 0.467 e. The lowest BCUT2D eigenvalue weighted by molar-refractivity contribution is -0.145. The number of esters is 1. The molecule has 0 saturated heterocycles. The molecule has 0 aromatic rings. The molecule has 0 bridgehead atoms. The molecular weight excluding hydrogens is 184 g/mol. The minimum atomic E-state index is -0.458. The van der Waals surface area contributed by atoms with Gasteiger partial charge in [-0.3, -0.25) is 4.79 Å². The monoisotopic (exact) mass is 200 g/mol. The Morgan fingerprint density at radius 1 is 1.50 bits per heavy atom. The van der Waals surface area contributed by atoms with Gasteiger partial charge in [0.15, 0.2) is 0 Å². The number of ether oxygens (including phenoxy) is 1. The highest BCUT2D eigenvalue weighted by molar-refractivity contribution is 5.85. The van der Waals surface area contributed by atoms with Crippen LogP contribution in [0.1, 0.15) is 12.8 Å². The van der Waals surface area contributed by atoms with E-state index in [1.165, 1.54) is 7.11 Å². The first-order chi connectivity index (χ1) is 6.69. The Bertz CT molecular complexity index is 226. The van der Waals surface area contributed by atoms with Crippen LogP contribution in [0.2, 0.25) is 0 Å². The van der Waals surface area contributed by atoms with Crippen molar-refractivity contribution in [3.05, 3.63) is 0 Å². The van der Waals surface area contributed by atoms with E-state index in [1.54, 1.807) is 7.05 Å². The second kappa shape index (κ2) is 4.95. The van der Waals surface area contributed by atoms with E-state index in [2.05, 4.69) is 15.4 Å². The summed E-state index contributed by atoms with van der Waals surface area (Å²) in [6.45, 7) is 0.222. The maximum atomic E-state index is 11.3. The van der Waals surface area contributed by atoms with Crippen LogP contribution in [-0.2, 0) is 14.3 Å². The van der Waals surface area contributed by atoms with E-state index in [4.69, 9.17) is 0 Å². The molecule has 1 aliphatic rings. The molecule has 14 heavy (non-hydrogen) atoms. The molecule has 0 heterocycles. The Morgan fingerprint density at radius 2 is 2.14 bits per heavy atom. The molecule has 0 aliphatic heterocycles. The molecule has 1 unspecified atom stereocenters. The van der Waals surface area contributed by atoms with Crippen LogP contribution in [0.5, 0.6) is 0 Å². The highest BCUT2D eigenvalue weighted by atomic mass is 16.5. The molecule has 1 rings (SSSR count). The summed E-state index contributed by atoms with van der Waals surface area (Å²) in [7, 11) is 3.02. The van der Waals surface area contributed by atoms with Gasteiger partial charge in [0.2, 0.25) is 5.91 Å². The summed E-state index contributed by atoms with van der Waals surface area (Å²) in [6.07, 6.45) is 1.97. The van der Waals surface area contributed by atoms with E-state index < -0.39 is 6.04 Å². The normalized spacial score (nSPS) is 17.3. The van der Waals surface area contributed by atoms with Crippen LogP contribution in [0.25, 0.3) is 0 Å². The fraction of sp³-hybridized carbons (Fsp3) is 0.778. The number of rotatable bonds is 5. The van der Waals surface area contributed by atoms with Gasteiger partial charge in [0, 0.05) is 0 Å². The Kier molecular flexibility index (Phi) is 3.88. The van der Waals surface area contributed by atoms with Gasteiger partial charge in [0.05, 0.1) is 13.7 Å². The van der Waals surface area contributed by atoms with Gasteiger partial charge in [0.25, 0.3) is 0 Å². The van der Waals surface area contributed by atoms with Gasteiger partial charge in [-0.15, -0.1) is 0 Å². The summed E-state index contributed by atoms with van der Waals surface area (Å²) >= 11 is 0. The molecule has 0 aromatic heterocycles.